The SMILES string of the molecule is Cc1cc([N+](=O)[O-])c2c(c1C)C1C=CCC1[C@@H](c1cccc([N+](=O)[O-])c1)N2. The molecule has 4 rings (SSSR count). The quantitative estimate of drug-likeness (QED) is 0.471. The third-order valence-corrected chi connectivity index (χ3v) is 5.79. The van der Waals surface area contributed by atoms with Gasteiger partial charge in [-0.25, -0.2) is 0 Å². The Kier molecular flexibility index (Phi) is 3.95. The Morgan fingerprint density at radius 2 is 1.89 bits per heavy atom. The van der Waals surface area contributed by atoms with Crippen LogP contribution in [0.15, 0.2) is 42.5 Å². The fourth-order valence-electron chi connectivity index (χ4n) is 4.39. The molecule has 0 aromatic heterocycles. The van der Waals surface area contributed by atoms with Gasteiger partial charge in [-0.05, 0) is 48.4 Å². The van der Waals surface area contributed by atoms with Gasteiger partial charge in [0.2, 0.25) is 0 Å². The van der Waals surface area contributed by atoms with E-state index in [-0.39, 0.29) is 34.2 Å². The maximum atomic E-state index is 11.7. The van der Waals surface area contributed by atoms with Gasteiger partial charge in [-0.2, -0.15) is 0 Å². The van der Waals surface area contributed by atoms with E-state index < -0.39 is 4.92 Å². The number of fused-ring (bicyclic) bond motifs is 3. The molecule has 0 fully saturated rings. The fraction of sp³-hybridized carbons (Fsp3) is 0.300. The topological polar surface area (TPSA) is 98.3 Å². The number of aryl methyl sites for hydroxylation is 1. The molecule has 2 aromatic carbocycles. The van der Waals surface area contributed by atoms with Crippen molar-refractivity contribution in [2.75, 3.05) is 5.32 Å². The number of hydrogen-bond acceptors (Lipinski definition) is 5. The van der Waals surface area contributed by atoms with Crippen LogP contribution in [0.5, 0.6) is 0 Å². The first-order valence-corrected chi connectivity index (χ1v) is 8.84. The predicted molar refractivity (Wildman–Crippen MR) is 102 cm³/mol. The molecule has 0 saturated heterocycles. The molecule has 7 nitrogen and oxygen atoms in total. The van der Waals surface area contributed by atoms with Crippen molar-refractivity contribution in [3.05, 3.63) is 85.0 Å². The zero-order valence-corrected chi connectivity index (χ0v) is 15.0. The first kappa shape index (κ1) is 17.2. The van der Waals surface area contributed by atoms with Crippen LogP contribution < -0.4 is 5.32 Å². The van der Waals surface area contributed by atoms with Gasteiger partial charge in [-0.3, -0.25) is 20.2 Å². The van der Waals surface area contributed by atoms with Crippen molar-refractivity contribution in [3.8, 4) is 0 Å². The van der Waals surface area contributed by atoms with Crippen LogP contribution in [0.4, 0.5) is 17.1 Å². The summed E-state index contributed by atoms with van der Waals surface area (Å²) in [6.07, 6.45) is 5.04. The third kappa shape index (κ3) is 2.66. The first-order valence-electron chi connectivity index (χ1n) is 8.84. The summed E-state index contributed by atoms with van der Waals surface area (Å²) in [5.74, 6) is 0.226. The molecule has 27 heavy (non-hydrogen) atoms. The Bertz CT molecular complexity index is 999. The van der Waals surface area contributed by atoms with Gasteiger partial charge in [-0.1, -0.05) is 24.3 Å². The summed E-state index contributed by atoms with van der Waals surface area (Å²) in [7, 11) is 0. The van der Waals surface area contributed by atoms with Gasteiger partial charge in [0.25, 0.3) is 11.4 Å². The Morgan fingerprint density at radius 1 is 1.11 bits per heavy atom. The lowest BCUT2D eigenvalue weighted by Crippen LogP contribution is -2.30. The van der Waals surface area contributed by atoms with E-state index >= 15 is 0 Å². The van der Waals surface area contributed by atoms with Gasteiger partial charge in [0.15, 0.2) is 0 Å². The van der Waals surface area contributed by atoms with E-state index in [0.717, 1.165) is 28.7 Å². The molecule has 1 aliphatic carbocycles. The molecule has 3 atom stereocenters. The minimum absolute atomic E-state index is 0.0252. The molecule has 138 valence electrons. The van der Waals surface area contributed by atoms with Crippen molar-refractivity contribution in [1.82, 2.24) is 0 Å². The Balaban J connectivity index is 1.89. The van der Waals surface area contributed by atoms with Gasteiger partial charge in [-0.15, -0.1) is 0 Å². The molecule has 0 radical (unpaired) electrons. The number of non-ortho nitro benzene ring substituents is 1. The van der Waals surface area contributed by atoms with Crippen molar-refractivity contribution in [3.63, 3.8) is 0 Å². The fourth-order valence-corrected chi connectivity index (χ4v) is 4.39. The minimum atomic E-state index is -0.416. The number of nitro groups is 2. The van der Waals surface area contributed by atoms with Crippen LogP contribution in [0.3, 0.4) is 0 Å². The van der Waals surface area contributed by atoms with Crippen LogP contribution in [0.1, 0.15) is 40.6 Å². The number of nitrogens with one attached hydrogen (secondary N) is 1. The first-order chi connectivity index (χ1) is 12.9. The van der Waals surface area contributed by atoms with Crippen molar-refractivity contribution in [2.45, 2.75) is 32.2 Å². The minimum Gasteiger partial charge on any atom is -0.372 e. The number of hydrogen-bond donors (Lipinski definition) is 1. The lowest BCUT2D eigenvalue weighted by molar-refractivity contribution is -0.384. The molecule has 2 unspecified atom stereocenters. The number of benzene rings is 2. The molecule has 0 spiro atoms. The summed E-state index contributed by atoms with van der Waals surface area (Å²) in [5, 5.41) is 26.2. The van der Waals surface area contributed by atoms with E-state index in [1.165, 1.54) is 6.07 Å². The Morgan fingerprint density at radius 3 is 2.59 bits per heavy atom. The van der Waals surface area contributed by atoms with E-state index in [1.807, 2.05) is 19.9 Å². The molecule has 0 saturated carbocycles. The van der Waals surface area contributed by atoms with Gasteiger partial charge >= 0.3 is 0 Å². The number of nitro benzene ring substituents is 2. The number of nitrogens with zero attached hydrogens (tertiary/aromatic N) is 2. The second kappa shape index (κ2) is 6.19. The van der Waals surface area contributed by atoms with Crippen LogP contribution in [-0.2, 0) is 0 Å². The van der Waals surface area contributed by atoms with E-state index in [2.05, 4.69) is 17.5 Å². The smallest absolute Gasteiger partial charge is 0.292 e. The zero-order valence-electron chi connectivity index (χ0n) is 15.0. The summed E-state index contributed by atoms with van der Waals surface area (Å²) in [6.45, 7) is 3.89. The standard InChI is InChI=1S/C20H19N3O4/c1-11-9-17(23(26)27)20-18(12(11)2)15-7-4-8-16(15)19(21-20)13-5-3-6-14(10-13)22(24)25/h3-7,9-10,15-16,19,21H,8H2,1-2H3/t15?,16?,19-/m1/s1. The third-order valence-electron chi connectivity index (χ3n) is 5.79. The summed E-state index contributed by atoms with van der Waals surface area (Å²) in [5.41, 5.74) is 4.33. The molecule has 0 amide bonds. The van der Waals surface area contributed by atoms with Crippen molar-refractivity contribution < 1.29 is 9.85 Å². The monoisotopic (exact) mass is 365 g/mol. The molecular weight excluding hydrogens is 346 g/mol. The number of anilines is 1. The van der Waals surface area contributed by atoms with Gasteiger partial charge in [0.05, 0.1) is 15.9 Å². The molecule has 1 heterocycles. The highest BCUT2D eigenvalue weighted by Crippen LogP contribution is 2.53. The van der Waals surface area contributed by atoms with Crippen LogP contribution >= 0.6 is 0 Å². The predicted octanol–water partition coefficient (Wildman–Crippen LogP) is 4.95. The highest BCUT2D eigenvalue weighted by Gasteiger charge is 2.42. The average Bonchev–Trinajstić information content (AvgIpc) is 3.13. The highest BCUT2D eigenvalue weighted by molar-refractivity contribution is 5.74. The summed E-state index contributed by atoms with van der Waals surface area (Å²) < 4.78 is 0. The molecular formula is C20H19N3O4. The van der Waals surface area contributed by atoms with Crippen LogP contribution in [0.25, 0.3) is 0 Å². The molecule has 7 heteroatoms. The molecule has 2 aromatic rings. The Hall–Kier alpha value is -3.22. The van der Waals surface area contributed by atoms with Crippen molar-refractivity contribution in [1.29, 1.82) is 0 Å². The normalized spacial score (nSPS) is 22.7. The highest BCUT2D eigenvalue weighted by atomic mass is 16.6. The van der Waals surface area contributed by atoms with E-state index in [0.29, 0.717) is 5.69 Å². The molecule has 0 bridgehead atoms. The summed E-state index contributed by atoms with van der Waals surface area (Å²) in [4.78, 5) is 22.1. The number of allylic oxidation sites excluding steroid dienone is 2. The molecule has 1 aliphatic heterocycles. The van der Waals surface area contributed by atoms with E-state index in [9.17, 15) is 20.2 Å². The summed E-state index contributed by atoms with van der Waals surface area (Å²) in [6, 6.07) is 7.91. The molecule has 2 aliphatic rings. The average molecular weight is 365 g/mol. The van der Waals surface area contributed by atoms with Gasteiger partial charge < -0.3 is 5.32 Å². The van der Waals surface area contributed by atoms with Gasteiger partial charge in [0, 0.05) is 24.1 Å². The largest absolute Gasteiger partial charge is 0.372 e. The summed E-state index contributed by atoms with van der Waals surface area (Å²) >= 11 is 0. The maximum absolute atomic E-state index is 11.7. The van der Waals surface area contributed by atoms with Crippen LogP contribution in [-0.4, -0.2) is 9.85 Å². The second-order valence-corrected chi connectivity index (χ2v) is 7.21. The van der Waals surface area contributed by atoms with E-state index in [4.69, 9.17) is 0 Å². The molecule has 1 N–H and O–H groups in total. The van der Waals surface area contributed by atoms with Crippen LogP contribution in [0.2, 0.25) is 0 Å². The van der Waals surface area contributed by atoms with Crippen LogP contribution in [0, 0.1) is 40.0 Å². The van der Waals surface area contributed by atoms with E-state index in [1.54, 1.807) is 18.2 Å². The van der Waals surface area contributed by atoms with Crippen molar-refractivity contribution >= 4 is 17.1 Å². The second-order valence-electron chi connectivity index (χ2n) is 7.21. The zero-order chi connectivity index (χ0) is 19.3. The van der Waals surface area contributed by atoms with Gasteiger partial charge in [0.1, 0.15) is 5.69 Å². The lowest BCUT2D eigenvalue weighted by atomic mass is 9.74. The lowest BCUT2D eigenvalue weighted by Gasteiger charge is -2.38. The Labute approximate surface area is 156 Å². The van der Waals surface area contributed by atoms with Crippen molar-refractivity contribution in [2.24, 2.45) is 5.92 Å². The maximum Gasteiger partial charge on any atom is 0.292 e. The number of rotatable bonds is 3.